The molecule has 117 heavy (non-hydrogen) atoms. The number of aliphatic hydroxyl groups is 2. The van der Waals surface area contributed by atoms with Gasteiger partial charge in [-0.25, -0.2) is 9.13 Å². The van der Waals surface area contributed by atoms with E-state index in [1.165, 1.54) is 96.3 Å². The first-order valence-electron chi connectivity index (χ1n) is 45.4. The van der Waals surface area contributed by atoms with Crippen LogP contribution in [0.2, 0.25) is 0 Å². The van der Waals surface area contributed by atoms with Crippen molar-refractivity contribution in [2.75, 3.05) is 39.6 Å². The standard InChI is InChI=1S/C99H162O16P2/c1-4-7-10-13-16-19-22-25-28-31-34-36-38-40-42-44-45-46-47-49-51-52-54-56-59-61-64-67-70-73-76-79-82-85-97(102)109-88-94(100)89-111-116(105,106)112-90-95(101)91-113-117(107,108)114-93-96(115-99(104)87-84-81-78-75-72-69-66-63-58-33-30-27-24-21-18-15-12-9-6-3)92-110-98(103)86-83-80-77-74-71-68-65-62-60-57-55-53-50-48-43-41-39-37-35-32-29-26-23-20-17-14-11-8-5-2/h7-12,16-21,25-30,34-37,40-43,45-46,50,53,58,63,69,72,94-96,100-101H,4-6,13-15,22-24,31-33,38-39,44,47-49,51-52,54-57,59-62,64-68,70-71,73-93H2,1-3H3,(H,105,106)(H,107,108)/b10-7-,11-8-,12-9-,19-16-,20-17-,21-18-,28-25-,29-26-,30-27-,36-34-,37-35-,42-40-,43-41-,46-45-,53-50-,63-58-,72-69-. The van der Waals surface area contributed by atoms with Crippen LogP contribution in [0.4, 0.5) is 0 Å². The minimum atomic E-state index is -4.96. The third kappa shape index (κ3) is 90.7. The van der Waals surface area contributed by atoms with Gasteiger partial charge in [0, 0.05) is 19.3 Å². The molecule has 0 spiro atoms. The lowest BCUT2D eigenvalue weighted by atomic mass is 10.0. The fraction of sp³-hybridized carbons (Fsp3) is 0.626. The molecule has 5 unspecified atom stereocenters. The van der Waals surface area contributed by atoms with Crippen LogP contribution in [0.1, 0.15) is 342 Å². The average molecular weight is 1670 g/mol. The van der Waals surface area contributed by atoms with Crippen molar-refractivity contribution in [1.29, 1.82) is 0 Å². The van der Waals surface area contributed by atoms with Crippen LogP contribution >= 0.6 is 15.6 Å². The molecular weight excluding hydrogens is 1510 g/mol. The molecule has 0 aliphatic heterocycles. The highest BCUT2D eigenvalue weighted by molar-refractivity contribution is 7.47. The van der Waals surface area contributed by atoms with Gasteiger partial charge < -0.3 is 34.2 Å². The Morgan fingerprint density at radius 2 is 0.427 bits per heavy atom. The average Bonchev–Trinajstić information content (AvgIpc) is 0.901. The Labute approximate surface area is 711 Å². The molecule has 0 rings (SSSR count). The summed E-state index contributed by atoms with van der Waals surface area (Å²) in [6.07, 6.45) is 120. The van der Waals surface area contributed by atoms with Crippen LogP contribution in [0.25, 0.3) is 0 Å². The second-order valence-electron chi connectivity index (χ2n) is 29.6. The summed E-state index contributed by atoms with van der Waals surface area (Å²) in [7, 11) is -9.83. The number of phosphoric ester groups is 2. The van der Waals surface area contributed by atoms with Crippen molar-refractivity contribution in [3.8, 4) is 0 Å². The van der Waals surface area contributed by atoms with Crippen LogP contribution in [-0.4, -0.2) is 95.9 Å². The molecule has 0 aromatic carbocycles. The van der Waals surface area contributed by atoms with Gasteiger partial charge in [0.15, 0.2) is 6.10 Å². The fourth-order valence-electron chi connectivity index (χ4n) is 11.7. The molecule has 0 amide bonds. The quantitative estimate of drug-likeness (QED) is 0.0146. The van der Waals surface area contributed by atoms with Crippen molar-refractivity contribution in [2.24, 2.45) is 0 Å². The summed E-state index contributed by atoms with van der Waals surface area (Å²) in [5.74, 6) is -1.62. The molecule has 0 aliphatic rings. The number of esters is 3. The van der Waals surface area contributed by atoms with Gasteiger partial charge >= 0.3 is 33.6 Å². The van der Waals surface area contributed by atoms with Gasteiger partial charge in [-0.15, -0.1) is 0 Å². The highest BCUT2D eigenvalue weighted by atomic mass is 31.2. The molecule has 16 nitrogen and oxygen atoms in total. The van der Waals surface area contributed by atoms with Crippen molar-refractivity contribution in [1.82, 2.24) is 0 Å². The van der Waals surface area contributed by atoms with Crippen molar-refractivity contribution in [3.63, 3.8) is 0 Å². The van der Waals surface area contributed by atoms with Crippen LogP contribution in [0.3, 0.4) is 0 Å². The predicted octanol–water partition coefficient (Wildman–Crippen LogP) is 28.0. The molecule has 0 heterocycles. The van der Waals surface area contributed by atoms with Crippen LogP contribution in [0.15, 0.2) is 207 Å². The van der Waals surface area contributed by atoms with Crippen molar-refractivity contribution in [2.45, 2.75) is 360 Å². The molecule has 0 bridgehead atoms. The van der Waals surface area contributed by atoms with E-state index in [0.29, 0.717) is 19.3 Å². The third-order valence-corrected chi connectivity index (χ3v) is 20.4. The van der Waals surface area contributed by atoms with Crippen LogP contribution in [-0.2, 0) is 55.8 Å². The van der Waals surface area contributed by atoms with Gasteiger partial charge in [-0.05, 0) is 167 Å². The third-order valence-electron chi connectivity index (χ3n) is 18.5. The SMILES string of the molecule is CC/C=C\C/C=C\C/C=C\C/C=C\C/C=C\C/C=C\CCCCCCCCCCCCCCCCC(=O)OCC(O)COP(=O)(O)OCC(O)COP(=O)(O)OCC(COC(=O)CCCCCCCCCCCC/C=C\C/C=C\C/C=C\C/C=C\C/C=C\C/C=C\CC)OC(=O)CCCCC/C=C\C/C=C\C/C=C\C/C=C\C/C=C\CC. The number of phosphoric acid groups is 2. The highest BCUT2D eigenvalue weighted by Crippen LogP contribution is 2.45. The Morgan fingerprint density at radius 3 is 0.684 bits per heavy atom. The van der Waals surface area contributed by atoms with Gasteiger partial charge in [-0.2, -0.15) is 0 Å². The zero-order chi connectivity index (χ0) is 85.1. The molecule has 0 saturated carbocycles. The van der Waals surface area contributed by atoms with Crippen molar-refractivity contribution >= 4 is 33.6 Å². The molecular formula is C99H162O16P2. The molecule has 0 radical (unpaired) electrons. The predicted molar refractivity (Wildman–Crippen MR) is 491 cm³/mol. The maximum atomic E-state index is 13.0. The molecule has 664 valence electrons. The summed E-state index contributed by atoms with van der Waals surface area (Å²) in [6.45, 7) is 2.31. The summed E-state index contributed by atoms with van der Waals surface area (Å²) in [6, 6.07) is 0. The molecule has 0 aliphatic carbocycles. The van der Waals surface area contributed by atoms with E-state index in [4.69, 9.17) is 32.3 Å². The largest absolute Gasteiger partial charge is 0.472 e. The first kappa shape index (κ1) is 111. The Hall–Kier alpha value is -5.87. The lowest BCUT2D eigenvalue weighted by molar-refractivity contribution is -0.161. The van der Waals surface area contributed by atoms with E-state index in [9.17, 15) is 43.5 Å². The van der Waals surface area contributed by atoms with Crippen molar-refractivity contribution in [3.05, 3.63) is 207 Å². The molecule has 0 aromatic heterocycles. The van der Waals surface area contributed by atoms with Crippen LogP contribution < -0.4 is 0 Å². The lowest BCUT2D eigenvalue weighted by Gasteiger charge is -2.21. The van der Waals surface area contributed by atoms with Gasteiger partial charge in [0.2, 0.25) is 0 Å². The number of allylic oxidation sites excluding steroid dienone is 34. The summed E-state index contributed by atoms with van der Waals surface area (Å²) < 4.78 is 61.4. The van der Waals surface area contributed by atoms with E-state index >= 15 is 0 Å². The summed E-state index contributed by atoms with van der Waals surface area (Å²) in [5, 5.41) is 20.7. The van der Waals surface area contributed by atoms with Gasteiger partial charge in [-0.1, -0.05) is 362 Å². The topological polar surface area (TPSA) is 231 Å². The van der Waals surface area contributed by atoms with E-state index < -0.39 is 91.5 Å². The molecule has 5 atom stereocenters. The van der Waals surface area contributed by atoms with Crippen LogP contribution in [0.5, 0.6) is 0 Å². The zero-order valence-electron chi connectivity index (χ0n) is 73.0. The van der Waals surface area contributed by atoms with E-state index in [-0.39, 0.29) is 19.3 Å². The Kier molecular flexibility index (Phi) is 84.9. The second-order valence-corrected chi connectivity index (χ2v) is 32.5. The lowest BCUT2D eigenvalue weighted by Crippen LogP contribution is -2.30. The van der Waals surface area contributed by atoms with Gasteiger partial charge in [0.25, 0.3) is 0 Å². The number of unbranched alkanes of at least 4 members (excludes halogenated alkanes) is 27. The Balaban J connectivity index is 4.59. The number of carbonyl (C=O) groups excluding carboxylic acids is 3. The highest BCUT2D eigenvalue weighted by Gasteiger charge is 2.29. The van der Waals surface area contributed by atoms with Crippen molar-refractivity contribution < 1.29 is 75.8 Å². The Bertz CT molecular complexity index is 2960. The number of hydrogen-bond acceptors (Lipinski definition) is 14. The first-order valence-corrected chi connectivity index (χ1v) is 48.4. The first-order chi connectivity index (χ1) is 57.2. The van der Waals surface area contributed by atoms with Gasteiger partial charge in [0.05, 0.1) is 26.4 Å². The fourth-order valence-corrected chi connectivity index (χ4v) is 13.3. The molecule has 0 saturated heterocycles. The summed E-state index contributed by atoms with van der Waals surface area (Å²) in [4.78, 5) is 58.9. The monoisotopic (exact) mass is 1670 g/mol. The smallest absolute Gasteiger partial charge is 0.463 e. The maximum absolute atomic E-state index is 13.0. The number of hydrogen-bond donors (Lipinski definition) is 4. The molecule has 0 aromatic rings. The van der Waals surface area contributed by atoms with E-state index in [1.807, 2.05) is 0 Å². The molecule has 18 heteroatoms. The van der Waals surface area contributed by atoms with E-state index in [2.05, 4.69) is 227 Å². The summed E-state index contributed by atoms with van der Waals surface area (Å²) in [5.41, 5.74) is 0. The summed E-state index contributed by atoms with van der Waals surface area (Å²) >= 11 is 0. The molecule has 0 fully saturated rings. The van der Waals surface area contributed by atoms with Gasteiger partial charge in [-0.3, -0.25) is 32.5 Å². The second kappa shape index (κ2) is 89.4. The number of ether oxygens (including phenoxy) is 3. The zero-order valence-corrected chi connectivity index (χ0v) is 74.8. The van der Waals surface area contributed by atoms with Crippen LogP contribution in [0, 0.1) is 0 Å². The normalized spacial score (nSPS) is 14.8. The number of aliphatic hydroxyl groups excluding tert-OH is 2. The van der Waals surface area contributed by atoms with E-state index in [1.54, 1.807) is 0 Å². The minimum absolute atomic E-state index is 0.0576. The molecule has 4 N–H and O–H groups in total. The number of carbonyl (C=O) groups is 3. The number of rotatable bonds is 84. The van der Waals surface area contributed by atoms with E-state index in [0.717, 1.165) is 186 Å². The Morgan fingerprint density at radius 1 is 0.239 bits per heavy atom. The maximum Gasteiger partial charge on any atom is 0.472 e. The van der Waals surface area contributed by atoms with Gasteiger partial charge in [0.1, 0.15) is 25.4 Å². The minimum Gasteiger partial charge on any atom is -0.463 e.